The zero-order valence-corrected chi connectivity index (χ0v) is 24.4. The number of alkyl halides is 3. The first-order valence-corrected chi connectivity index (χ1v) is 13.3. The molecule has 13 heteroatoms. The number of hydrogen-bond acceptors (Lipinski definition) is 6. The molecule has 8 nitrogen and oxygen atoms in total. The van der Waals surface area contributed by atoms with Crippen LogP contribution in [0.15, 0.2) is 48.5 Å². The van der Waals surface area contributed by atoms with Crippen LogP contribution in [0.25, 0.3) is 22.1 Å². The number of ketones is 1. The van der Waals surface area contributed by atoms with Crippen LogP contribution in [-0.4, -0.2) is 34.7 Å². The number of benzene rings is 2. The number of nitrogens with zero attached hydrogens (tertiary/aromatic N) is 2. The molecule has 1 aromatic heterocycles. The average molecular weight is 572 g/mol. The normalized spacial score (nSPS) is 14.7. The quantitative estimate of drug-likeness (QED) is 0.232. The van der Waals surface area contributed by atoms with Crippen LogP contribution in [0, 0.1) is 0 Å². The molecule has 4 rings (SSSR count). The Morgan fingerprint density at radius 3 is 2.41 bits per heavy atom. The average Bonchev–Trinajstić information content (AvgIpc) is 3.52. The molecule has 0 saturated heterocycles. The van der Waals surface area contributed by atoms with E-state index in [4.69, 9.17) is 9.88 Å². The number of carbonyl (C=O) groups is 2. The third kappa shape index (κ3) is 6.14. The summed E-state index contributed by atoms with van der Waals surface area (Å²) in [6, 6.07) is 12.5. The summed E-state index contributed by atoms with van der Waals surface area (Å²) in [4.78, 5) is 24.8. The van der Waals surface area contributed by atoms with E-state index < -0.39 is 45.0 Å². The summed E-state index contributed by atoms with van der Waals surface area (Å²) in [6.45, 7) is 1.71. The van der Waals surface area contributed by atoms with E-state index in [2.05, 4.69) is 5.10 Å². The standard InChI is InChI=1S/C26H25F3N3O5S.Na/c1-3-23(33)25(2,38(30,35)36)24(34)37-15-16-6-4-9-20(12-16)32-21(14-22(31-32)26(27,28)29)19-11-10-17-7-5-8-18(17)13-19;/h4,6,9-14H,3,5,7-8,15H2,1-2H3,(H-,30,35,36);/q-1;+1. The van der Waals surface area contributed by atoms with Crippen LogP contribution < -0.4 is 29.6 Å². The van der Waals surface area contributed by atoms with Crippen molar-refractivity contribution in [3.8, 4) is 16.9 Å². The second kappa shape index (κ2) is 11.5. The zero-order chi connectivity index (χ0) is 27.9. The molecule has 0 spiro atoms. The summed E-state index contributed by atoms with van der Waals surface area (Å²) in [7, 11) is -4.88. The number of esters is 1. The van der Waals surface area contributed by atoms with Gasteiger partial charge in [0.25, 0.3) is 0 Å². The van der Waals surface area contributed by atoms with Crippen molar-refractivity contribution in [3.05, 3.63) is 76.1 Å². The molecule has 0 fully saturated rings. The van der Waals surface area contributed by atoms with Gasteiger partial charge in [-0.25, -0.2) is 17.9 Å². The van der Waals surface area contributed by atoms with Crippen molar-refractivity contribution in [3.63, 3.8) is 0 Å². The van der Waals surface area contributed by atoms with Crippen molar-refractivity contribution >= 4 is 21.8 Å². The molecular weight excluding hydrogens is 546 g/mol. The first kappa shape index (κ1) is 31.0. The molecule has 1 atom stereocenters. The fraction of sp³-hybridized carbons (Fsp3) is 0.346. The summed E-state index contributed by atoms with van der Waals surface area (Å²) < 4.78 is 68.2. The number of ether oxygens (including phenoxy) is 1. The predicted molar refractivity (Wildman–Crippen MR) is 133 cm³/mol. The number of hydrogen-bond donors (Lipinski definition) is 0. The van der Waals surface area contributed by atoms with Gasteiger partial charge >= 0.3 is 41.7 Å². The minimum atomic E-state index is -4.88. The first-order valence-electron chi connectivity index (χ1n) is 11.8. The minimum Gasteiger partial charge on any atom is -0.563 e. The number of fused-ring (bicyclic) bond motifs is 1. The molecule has 0 amide bonds. The summed E-state index contributed by atoms with van der Waals surface area (Å²) in [5.41, 5.74) is 2.54. The van der Waals surface area contributed by atoms with Crippen LogP contribution in [-0.2, 0) is 50.0 Å². The van der Waals surface area contributed by atoms with Crippen molar-refractivity contribution in [2.45, 2.75) is 57.1 Å². The number of nitrogens with one attached hydrogen (secondary N) is 1. The van der Waals surface area contributed by atoms with Gasteiger partial charge in [-0.05, 0) is 67.1 Å². The summed E-state index contributed by atoms with van der Waals surface area (Å²) in [6.07, 6.45) is -2.23. The van der Waals surface area contributed by atoms with Crippen LogP contribution in [0.5, 0.6) is 0 Å². The van der Waals surface area contributed by atoms with Crippen LogP contribution in [0.3, 0.4) is 0 Å². The number of Topliss-reactive ketones (excluding diaryl/α,β-unsaturated/α-hetero) is 1. The van der Waals surface area contributed by atoms with E-state index >= 15 is 0 Å². The van der Waals surface area contributed by atoms with Gasteiger partial charge in [-0.15, -0.1) is 0 Å². The first-order chi connectivity index (χ1) is 17.8. The van der Waals surface area contributed by atoms with Crippen LogP contribution >= 0.6 is 0 Å². The van der Waals surface area contributed by atoms with Gasteiger partial charge in [0.1, 0.15) is 6.61 Å². The molecule has 1 unspecified atom stereocenters. The van der Waals surface area contributed by atoms with Gasteiger partial charge in [0.15, 0.2) is 11.5 Å². The van der Waals surface area contributed by atoms with Gasteiger partial charge in [0.05, 0.1) is 21.4 Å². The van der Waals surface area contributed by atoms with E-state index in [1.165, 1.54) is 36.8 Å². The fourth-order valence-corrected chi connectivity index (χ4v) is 5.15. The zero-order valence-electron chi connectivity index (χ0n) is 21.6. The second-order valence-electron chi connectivity index (χ2n) is 9.22. The minimum absolute atomic E-state index is 0. The third-order valence-electron chi connectivity index (χ3n) is 6.70. The molecule has 0 aliphatic heterocycles. The molecule has 1 aliphatic carbocycles. The molecule has 1 N–H and O–H groups in total. The summed E-state index contributed by atoms with van der Waals surface area (Å²) in [5.74, 6) is -2.39. The molecule has 202 valence electrons. The molecule has 2 aromatic carbocycles. The Hall–Kier alpha value is -2.51. The fourth-order valence-electron chi connectivity index (χ4n) is 4.43. The Bertz CT molecular complexity index is 1520. The molecule has 3 aromatic rings. The van der Waals surface area contributed by atoms with Gasteiger partial charge in [0.2, 0.25) is 4.75 Å². The SMILES string of the molecule is CCC(=O)C(C)(C(=O)OCc1cccc(-n2nc(C(F)(F)F)cc2-c2ccc3c(c2)CCC3)c1)S([NH-])(=O)=O.[Na+]. The van der Waals surface area contributed by atoms with E-state index in [1.807, 2.05) is 12.1 Å². The van der Waals surface area contributed by atoms with Gasteiger partial charge in [0, 0.05) is 12.0 Å². The van der Waals surface area contributed by atoms with E-state index in [-0.39, 0.29) is 47.4 Å². The van der Waals surface area contributed by atoms with E-state index in [9.17, 15) is 31.2 Å². The number of aryl methyl sites for hydroxylation is 2. The molecule has 1 heterocycles. The van der Waals surface area contributed by atoms with Crippen LogP contribution in [0.2, 0.25) is 0 Å². The third-order valence-corrected chi connectivity index (χ3v) is 8.17. The topological polar surface area (TPSA) is 119 Å². The predicted octanol–water partition coefficient (Wildman–Crippen LogP) is 2.21. The molecule has 39 heavy (non-hydrogen) atoms. The number of sulfonamides is 1. The van der Waals surface area contributed by atoms with Crippen molar-refractivity contribution < 1.29 is 65.5 Å². The van der Waals surface area contributed by atoms with E-state index in [0.717, 1.165) is 42.5 Å². The number of aromatic nitrogens is 2. The van der Waals surface area contributed by atoms with Crippen LogP contribution in [0.1, 0.15) is 49.1 Å². The van der Waals surface area contributed by atoms with Gasteiger partial charge in [-0.1, -0.05) is 31.2 Å². The maximum atomic E-state index is 13.6. The molecule has 1 aliphatic rings. The number of rotatable bonds is 8. The maximum Gasteiger partial charge on any atom is 1.00 e. The Labute approximate surface area is 246 Å². The maximum absolute atomic E-state index is 13.6. The Balaban J connectivity index is 0.00000420. The van der Waals surface area contributed by atoms with Gasteiger partial charge in [-0.2, -0.15) is 18.3 Å². The van der Waals surface area contributed by atoms with Crippen LogP contribution in [0.4, 0.5) is 13.2 Å². The molecule has 0 saturated carbocycles. The Kier molecular flexibility index (Phi) is 9.18. The Morgan fingerprint density at radius 2 is 1.77 bits per heavy atom. The summed E-state index contributed by atoms with van der Waals surface area (Å²) in [5, 5.41) is 11.1. The summed E-state index contributed by atoms with van der Waals surface area (Å²) >= 11 is 0. The van der Waals surface area contributed by atoms with Gasteiger partial charge < -0.3 is 9.88 Å². The second-order valence-corrected chi connectivity index (χ2v) is 11.0. The van der Waals surface area contributed by atoms with Gasteiger partial charge in [-0.3, -0.25) is 4.79 Å². The van der Waals surface area contributed by atoms with E-state index in [0.29, 0.717) is 11.1 Å². The largest absolute Gasteiger partial charge is 1.00 e. The van der Waals surface area contributed by atoms with E-state index in [1.54, 1.807) is 6.07 Å². The van der Waals surface area contributed by atoms with Crippen molar-refractivity contribution in [2.75, 3.05) is 0 Å². The smallest absolute Gasteiger partial charge is 0.563 e. The molecule has 0 bridgehead atoms. The number of halogens is 3. The Morgan fingerprint density at radius 1 is 1.08 bits per heavy atom. The monoisotopic (exact) mass is 571 g/mol. The molecule has 0 radical (unpaired) electrons. The van der Waals surface area contributed by atoms with Crippen molar-refractivity contribution in [1.82, 2.24) is 9.78 Å². The number of carbonyl (C=O) groups excluding carboxylic acids is 2. The molecular formula is C26H25F3N3NaO5S. The van der Waals surface area contributed by atoms with Crippen molar-refractivity contribution in [1.29, 1.82) is 0 Å². The van der Waals surface area contributed by atoms with Crippen molar-refractivity contribution in [2.24, 2.45) is 0 Å².